The number of halogens is 3. The standard InChI is InChI=1S/C11H7ClF2N2O2S/c12-10-6-7(4-5-15-10)19(17,18)16-9-3-1-2-8(13)11(9)14/h1-6,16H. The lowest BCUT2D eigenvalue weighted by Crippen LogP contribution is -2.14. The predicted octanol–water partition coefficient (Wildman–Crippen LogP) is 2.81. The van der Waals surface area contributed by atoms with Gasteiger partial charge in [-0.15, -0.1) is 0 Å². The van der Waals surface area contributed by atoms with Gasteiger partial charge in [0.2, 0.25) is 0 Å². The molecule has 2 rings (SSSR count). The Hall–Kier alpha value is -1.73. The van der Waals surface area contributed by atoms with Gasteiger partial charge in [-0.25, -0.2) is 22.2 Å². The van der Waals surface area contributed by atoms with Gasteiger partial charge in [0, 0.05) is 6.20 Å². The van der Waals surface area contributed by atoms with Crippen LogP contribution in [0.15, 0.2) is 41.4 Å². The molecule has 4 nitrogen and oxygen atoms in total. The minimum Gasteiger partial charge on any atom is -0.277 e. The highest BCUT2D eigenvalue weighted by atomic mass is 35.5. The number of nitrogens with zero attached hydrogens (tertiary/aromatic N) is 1. The zero-order valence-electron chi connectivity index (χ0n) is 9.27. The average Bonchev–Trinajstić information content (AvgIpc) is 2.35. The SMILES string of the molecule is O=S(=O)(Nc1cccc(F)c1F)c1ccnc(Cl)c1. The third kappa shape index (κ3) is 2.99. The molecule has 8 heteroatoms. The summed E-state index contributed by atoms with van der Waals surface area (Å²) >= 11 is 5.57. The zero-order chi connectivity index (χ0) is 14.0. The molecule has 0 aliphatic carbocycles. The fraction of sp³-hybridized carbons (Fsp3) is 0. The minimum atomic E-state index is -4.06. The summed E-state index contributed by atoms with van der Waals surface area (Å²) in [6.07, 6.45) is 1.19. The molecule has 0 bridgehead atoms. The summed E-state index contributed by atoms with van der Waals surface area (Å²) in [5.41, 5.74) is -0.479. The molecule has 0 aliphatic heterocycles. The van der Waals surface area contributed by atoms with E-state index in [0.29, 0.717) is 0 Å². The summed E-state index contributed by atoms with van der Waals surface area (Å²) < 4.78 is 52.2. The molecular weight excluding hydrogens is 298 g/mol. The van der Waals surface area contributed by atoms with Crippen molar-refractivity contribution < 1.29 is 17.2 Å². The van der Waals surface area contributed by atoms with Gasteiger partial charge in [0.15, 0.2) is 11.6 Å². The van der Waals surface area contributed by atoms with Crippen molar-refractivity contribution in [1.82, 2.24) is 4.98 Å². The second-order valence-electron chi connectivity index (χ2n) is 3.52. The van der Waals surface area contributed by atoms with Crippen molar-refractivity contribution in [2.45, 2.75) is 4.90 Å². The fourth-order valence-corrected chi connectivity index (χ4v) is 2.65. The maximum absolute atomic E-state index is 13.4. The number of pyridine rings is 1. The Morgan fingerprint density at radius 1 is 1.21 bits per heavy atom. The highest BCUT2D eigenvalue weighted by Gasteiger charge is 2.18. The van der Waals surface area contributed by atoms with E-state index >= 15 is 0 Å². The first kappa shape index (κ1) is 13.7. The molecule has 0 saturated carbocycles. The molecule has 0 unspecified atom stereocenters. The number of sulfonamides is 1. The zero-order valence-corrected chi connectivity index (χ0v) is 10.8. The largest absolute Gasteiger partial charge is 0.277 e. The first-order valence-corrected chi connectivity index (χ1v) is 6.84. The normalized spacial score (nSPS) is 11.3. The molecule has 0 atom stereocenters. The molecule has 1 aromatic carbocycles. The third-order valence-corrected chi connectivity index (χ3v) is 3.77. The van der Waals surface area contributed by atoms with E-state index in [4.69, 9.17) is 11.6 Å². The molecule has 1 N–H and O–H groups in total. The lowest BCUT2D eigenvalue weighted by molar-refractivity contribution is 0.511. The molecule has 2 aromatic rings. The van der Waals surface area contributed by atoms with Crippen molar-refractivity contribution in [2.24, 2.45) is 0 Å². The second-order valence-corrected chi connectivity index (χ2v) is 5.59. The van der Waals surface area contributed by atoms with Crippen LogP contribution < -0.4 is 4.72 Å². The van der Waals surface area contributed by atoms with Crippen molar-refractivity contribution in [3.8, 4) is 0 Å². The number of nitrogens with one attached hydrogen (secondary N) is 1. The number of rotatable bonds is 3. The Balaban J connectivity index is 2.39. The van der Waals surface area contributed by atoms with Gasteiger partial charge in [-0.3, -0.25) is 4.72 Å². The smallest absolute Gasteiger partial charge is 0.262 e. The van der Waals surface area contributed by atoms with E-state index in [9.17, 15) is 17.2 Å². The van der Waals surface area contributed by atoms with Gasteiger partial charge in [-0.1, -0.05) is 17.7 Å². The molecule has 0 radical (unpaired) electrons. The van der Waals surface area contributed by atoms with Crippen LogP contribution in [0.5, 0.6) is 0 Å². The maximum atomic E-state index is 13.4. The van der Waals surface area contributed by atoms with E-state index in [1.165, 1.54) is 18.3 Å². The highest BCUT2D eigenvalue weighted by Crippen LogP contribution is 2.21. The molecule has 19 heavy (non-hydrogen) atoms. The Kier molecular flexibility index (Phi) is 3.68. The van der Waals surface area contributed by atoms with Gasteiger partial charge < -0.3 is 0 Å². The van der Waals surface area contributed by atoms with Crippen LogP contribution in [0, 0.1) is 11.6 Å². The Morgan fingerprint density at radius 2 is 1.95 bits per heavy atom. The molecule has 0 amide bonds. The Labute approximate surface area is 113 Å². The van der Waals surface area contributed by atoms with Crippen molar-refractivity contribution in [2.75, 3.05) is 4.72 Å². The van der Waals surface area contributed by atoms with E-state index in [0.717, 1.165) is 18.2 Å². The number of hydrogen-bond acceptors (Lipinski definition) is 3. The van der Waals surface area contributed by atoms with E-state index in [1.807, 2.05) is 4.72 Å². The molecule has 0 fully saturated rings. The van der Waals surface area contributed by atoms with Crippen molar-refractivity contribution in [1.29, 1.82) is 0 Å². The van der Waals surface area contributed by atoms with E-state index in [2.05, 4.69) is 4.98 Å². The minimum absolute atomic E-state index is 0.0254. The summed E-state index contributed by atoms with van der Waals surface area (Å²) in [5, 5.41) is -0.0254. The lowest BCUT2D eigenvalue weighted by Gasteiger charge is -2.09. The van der Waals surface area contributed by atoms with Crippen molar-refractivity contribution in [3.05, 3.63) is 53.3 Å². The van der Waals surface area contributed by atoms with Crippen LogP contribution >= 0.6 is 11.6 Å². The van der Waals surface area contributed by atoms with Crippen LogP contribution in [0.25, 0.3) is 0 Å². The number of hydrogen-bond donors (Lipinski definition) is 1. The Morgan fingerprint density at radius 3 is 2.63 bits per heavy atom. The molecule has 0 aliphatic rings. The number of anilines is 1. The van der Waals surface area contributed by atoms with Gasteiger partial charge in [0.1, 0.15) is 5.15 Å². The first-order chi connectivity index (χ1) is 8.90. The van der Waals surface area contributed by atoms with Crippen LogP contribution in [-0.2, 0) is 10.0 Å². The van der Waals surface area contributed by atoms with Crippen molar-refractivity contribution >= 4 is 27.3 Å². The van der Waals surface area contributed by atoms with E-state index in [-0.39, 0.29) is 10.0 Å². The molecular formula is C11H7ClF2N2O2S. The van der Waals surface area contributed by atoms with Crippen LogP contribution in [0.1, 0.15) is 0 Å². The topological polar surface area (TPSA) is 59.1 Å². The maximum Gasteiger partial charge on any atom is 0.262 e. The van der Waals surface area contributed by atoms with Gasteiger partial charge in [-0.2, -0.15) is 0 Å². The number of aromatic nitrogens is 1. The molecule has 1 heterocycles. The van der Waals surface area contributed by atoms with Gasteiger partial charge in [0.05, 0.1) is 10.6 Å². The third-order valence-electron chi connectivity index (χ3n) is 2.20. The highest BCUT2D eigenvalue weighted by molar-refractivity contribution is 7.92. The van der Waals surface area contributed by atoms with Gasteiger partial charge in [-0.05, 0) is 24.3 Å². The molecule has 0 saturated heterocycles. The molecule has 0 spiro atoms. The van der Waals surface area contributed by atoms with Crippen LogP contribution in [0.4, 0.5) is 14.5 Å². The van der Waals surface area contributed by atoms with E-state index in [1.54, 1.807) is 0 Å². The van der Waals surface area contributed by atoms with E-state index < -0.39 is 27.3 Å². The van der Waals surface area contributed by atoms with Crippen LogP contribution in [0.3, 0.4) is 0 Å². The second kappa shape index (κ2) is 5.10. The summed E-state index contributed by atoms with van der Waals surface area (Å²) in [5.74, 6) is -2.42. The Bertz CT molecular complexity index is 722. The molecule has 1 aromatic heterocycles. The quantitative estimate of drug-likeness (QED) is 0.887. The summed E-state index contributed by atoms with van der Waals surface area (Å²) in [6, 6.07) is 5.47. The van der Waals surface area contributed by atoms with Crippen LogP contribution in [-0.4, -0.2) is 13.4 Å². The molecule has 100 valence electrons. The summed E-state index contributed by atoms with van der Waals surface area (Å²) in [6.45, 7) is 0. The summed E-state index contributed by atoms with van der Waals surface area (Å²) in [7, 11) is -4.06. The van der Waals surface area contributed by atoms with Gasteiger partial charge >= 0.3 is 0 Å². The lowest BCUT2D eigenvalue weighted by atomic mass is 10.3. The fourth-order valence-electron chi connectivity index (χ4n) is 1.34. The first-order valence-electron chi connectivity index (χ1n) is 4.98. The van der Waals surface area contributed by atoms with Crippen molar-refractivity contribution in [3.63, 3.8) is 0 Å². The summed E-state index contributed by atoms with van der Waals surface area (Å²) in [4.78, 5) is 3.43. The average molecular weight is 305 g/mol. The van der Waals surface area contributed by atoms with Gasteiger partial charge in [0.25, 0.3) is 10.0 Å². The number of benzene rings is 1. The predicted molar refractivity (Wildman–Crippen MR) is 66.4 cm³/mol. The monoisotopic (exact) mass is 304 g/mol. The van der Waals surface area contributed by atoms with Crippen LogP contribution in [0.2, 0.25) is 5.15 Å².